The first-order valence-corrected chi connectivity index (χ1v) is 6.87. The number of nitrogens with zero attached hydrogens (tertiary/aromatic N) is 2. The Kier molecular flexibility index (Phi) is 4.52. The number of thioether (sulfide) groups is 1. The molecule has 0 saturated carbocycles. The van der Waals surface area contributed by atoms with Crippen molar-refractivity contribution in [1.29, 1.82) is 0 Å². The molecule has 1 aromatic carbocycles. The first-order chi connectivity index (χ1) is 9.16. The van der Waals surface area contributed by atoms with E-state index in [0.717, 1.165) is 22.0 Å². The number of hydrogen-bond acceptors (Lipinski definition) is 4. The van der Waals surface area contributed by atoms with Crippen molar-refractivity contribution in [2.24, 2.45) is 0 Å². The highest BCUT2D eigenvalue weighted by atomic mass is 32.2. The molecule has 1 N–H and O–H groups in total. The third-order valence-corrected chi connectivity index (χ3v) is 3.71. The summed E-state index contributed by atoms with van der Waals surface area (Å²) in [5, 5.41) is 9.68. The summed E-state index contributed by atoms with van der Waals surface area (Å²) in [5.74, 6) is -0.509. The van der Waals surface area contributed by atoms with Crippen molar-refractivity contribution in [3.63, 3.8) is 0 Å². The molecule has 0 radical (unpaired) electrons. The van der Waals surface area contributed by atoms with Crippen LogP contribution in [0.2, 0.25) is 0 Å². The molecular weight excluding hydrogens is 260 g/mol. The molecule has 2 rings (SSSR count). The fraction of sp³-hybridized carbons (Fsp3) is 0.214. The van der Waals surface area contributed by atoms with Crippen LogP contribution in [-0.2, 0) is 10.5 Å². The second-order valence-corrected chi connectivity index (χ2v) is 5.06. The van der Waals surface area contributed by atoms with Crippen molar-refractivity contribution in [2.45, 2.75) is 23.8 Å². The zero-order valence-electron chi connectivity index (χ0n) is 10.5. The molecule has 5 heteroatoms. The van der Waals surface area contributed by atoms with Gasteiger partial charge in [0.2, 0.25) is 0 Å². The Bertz CT molecular complexity index is 543. The monoisotopic (exact) mass is 274 g/mol. The largest absolute Gasteiger partial charge is 0.481 e. The van der Waals surface area contributed by atoms with E-state index in [-0.39, 0.29) is 0 Å². The number of hydrogen-bond donors (Lipinski definition) is 1. The van der Waals surface area contributed by atoms with Gasteiger partial charge >= 0.3 is 5.97 Å². The van der Waals surface area contributed by atoms with E-state index < -0.39 is 11.9 Å². The van der Waals surface area contributed by atoms with Crippen LogP contribution in [0.1, 0.15) is 24.0 Å². The minimum atomic E-state index is -0.806. The van der Waals surface area contributed by atoms with Gasteiger partial charge in [-0.3, -0.25) is 4.79 Å². The summed E-state index contributed by atoms with van der Waals surface area (Å²) in [5.41, 5.74) is 1.94. The van der Waals surface area contributed by atoms with E-state index in [1.807, 2.05) is 24.3 Å². The lowest BCUT2D eigenvalue weighted by Crippen LogP contribution is -2.07. The van der Waals surface area contributed by atoms with Crippen molar-refractivity contribution < 1.29 is 9.90 Å². The summed E-state index contributed by atoms with van der Waals surface area (Å²) >= 11 is 1.56. The van der Waals surface area contributed by atoms with E-state index in [1.54, 1.807) is 37.1 Å². The fourth-order valence-corrected chi connectivity index (χ4v) is 2.31. The second-order valence-electron chi connectivity index (χ2n) is 4.12. The van der Waals surface area contributed by atoms with Crippen LogP contribution in [0.5, 0.6) is 0 Å². The lowest BCUT2D eigenvalue weighted by molar-refractivity contribution is -0.138. The number of aliphatic carboxylic acids is 1. The summed E-state index contributed by atoms with van der Waals surface area (Å²) in [7, 11) is 0. The summed E-state index contributed by atoms with van der Waals surface area (Å²) < 4.78 is 0. The maximum absolute atomic E-state index is 10.9. The van der Waals surface area contributed by atoms with Crippen molar-refractivity contribution >= 4 is 17.7 Å². The van der Waals surface area contributed by atoms with Crippen LogP contribution in [0.3, 0.4) is 0 Å². The molecule has 0 aliphatic rings. The Balaban J connectivity index is 1.97. The van der Waals surface area contributed by atoms with E-state index in [4.69, 9.17) is 5.11 Å². The van der Waals surface area contributed by atoms with Crippen molar-refractivity contribution in [3.8, 4) is 0 Å². The van der Waals surface area contributed by atoms with Crippen LogP contribution < -0.4 is 0 Å². The zero-order chi connectivity index (χ0) is 13.7. The second kappa shape index (κ2) is 6.33. The molecule has 0 aliphatic heterocycles. The molecule has 1 aromatic heterocycles. The number of carboxylic acid groups (broad SMARTS) is 1. The van der Waals surface area contributed by atoms with Gasteiger partial charge in [0.1, 0.15) is 0 Å². The highest BCUT2D eigenvalue weighted by molar-refractivity contribution is 7.98. The Morgan fingerprint density at radius 2 is 1.89 bits per heavy atom. The lowest BCUT2D eigenvalue weighted by Gasteiger charge is -2.07. The summed E-state index contributed by atoms with van der Waals surface area (Å²) in [6, 6.07) is 9.41. The quantitative estimate of drug-likeness (QED) is 0.671. The van der Waals surface area contributed by atoms with E-state index >= 15 is 0 Å². The first kappa shape index (κ1) is 13.5. The van der Waals surface area contributed by atoms with Gasteiger partial charge in [-0.2, -0.15) is 0 Å². The molecule has 0 fully saturated rings. The van der Waals surface area contributed by atoms with E-state index in [1.165, 1.54) is 0 Å². The van der Waals surface area contributed by atoms with Gasteiger partial charge in [-0.15, -0.1) is 0 Å². The lowest BCUT2D eigenvalue weighted by atomic mass is 10.0. The van der Waals surface area contributed by atoms with Crippen LogP contribution in [0.15, 0.2) is 47.9 Å². The molecule has 98 valence electrons. The highest BCUT2D eigenvalue weighted by Crippen LogP contribution is 2.21. The van der Waals surface area contributed by atoms with Gasteiger partial charge in [0.25, 0.3) is 0 Å². The molecule has 1 unspecified atom stereocenters. The van der Waals surface area contributed by atoms with Gasteiger partial charge in [-0.25, -0.2) is 9.97 Å². The van der Waals surface area contributed by atoms with Gasteiger partial charge in [0, 0.05) is 18.1 Å². The molecule has 0 bridgehead atoms. The highest BCUT2D eigenvalue weighted by Gasteiger charge is 2.12. The molecule has 19 heavy (non-hydrogen) atoms. The van der Waals surface area contributed by atoms with Crippen LogP contribution in [0.25, 0.3) is 0 Å². The maximum atomic E-state index is 10.9. The molecule has 1 atom stereocenters. The van der Waals surface area contributed by atoms with Gasteiger partial charge in [0.05, 0.1) is 5.92 Å². The predicted octanol–water partition coefficient (Wildman–Crippen LogP) is 2.96. The van der Waals surface area contributed by atoms with Gasteiger partial charge in [0.15, 0.2) is 5.16 Å². The molecule has 1 heterocycles. The van der Waals surface area contributed by atoms with E-state index in [0.29, 0.717) is 0 Å². The molecule has 0 saturated heterocycles. The maximum Gasteiger partial charge on any atom is 0.310 e. The van der Waals surface area contributed by atoms with Gasteiger partial charge in [-0.1, -0.05) is 36.0 Å². The minimum absolute atomic E-state index is 0.473. The zero-order valence-corrected chi connectivity index (χ0v) is 11.3. The standard InChI is InChI=1S/C14H14N2O2S/c1-10(13(17)18)12-5-3-11(4-6-12)9-19-14-15-7-2-8-16-14/h2-8,10H,9H2,1H3,(H,17,18). The number of rotatable bonds is 5. The normalized spacial score (nSPS) is 12.1. The SMILES string of the molecule is CC(C(=O)O)c1ccc(CSc2ncccn2)cc1. The van der Waals surface area contributed by atoms with Gasteiger partial charge < -0.3 is 5.11 Å². The van der Waals surface area contributed by atoms with E-state index in [9.17, 15) is 4.79 Å². The number of carbonyl (C=O) groups is 1. The fourth-order valence-electron chi connectivity index (χ4n) is 1.55. The van der Waals surface area contributed by atoms with Crippen molar-refractivity contribution in [2.75, 3.05) is 0 Å². The van der Waals surface area contributed by atoms with Crippen LogP contribution in [-0.4, -0.2) is 21.0 Å². The number of carboxylic acids is 1. The van der Waals surface area contributed by atoms with Crippen LogP contribution >= 0.6 is 11.8 Å². The average molecular weight is 274 g/mol. The summed E-state index contributed by atoms with van der Waals surface area (Å²) in [6.07, 6.45) is 3.43. The predicted molar refractivity (Wildman–Crippen MR) is 74.1 cm³/mol. The van der Waals surface area contributed by atoms with Crippen molar-refractivity contribution in [1.82, 2.24) is 9.97 Å². The number of aromatic nitrogens is 2. The van der Waals surface area contributed by atoms with E-state index in [2.05, 4.69) is 9.97 Å². The Morgan fingerprint density at radius 1 is 1.26 bits per heavy atom. The van der Waals surface area contributed by atoms with Crippen molar-refractivity contribution in [3.05, 3.63) is 53.9 Å². The Hall–Kier alpha value is -1.88. The smallest absolute Gasteiger partial charge is 0.310 e. The third-order valence-electron chi connectivity index (χ3n) is 2.76. The average Bonchev–Trinajstić information content (AvgIpc) is 2.46. The molecule has 0 aliphatic carbocycles. The first-order valence-electron chi connectivity index (χ1n) is 5.88. The topological polar surface area (TPSA) is 63.1 Å². The van der Waals surface area contributed by atoms with Crippen LogP contribution in [0.4, 0.5) is 0 Å². The summed E-state index contributed by atoms with van der Waals surface area (Å²) in [6.45, 7) is 1.68. The molecule has 4 nitrogen and oxygen atoms in total. The van der Waals surface area contributed by atoms with Crippen LogP contribution in [0, 0.1) is 0 Å². The van der Waals surface area contributed by atoms with Gasteiger partial charge in [-0.05, 0) is 24.1 Å². The minimum Gasteiger partial charge on any atom is -0.481 e. The molecular formula is C14H14N2O2S. The summed E-state index contributed by atoms with van der Waals surface area (Å²) in [4.78, 5) is 19.1. The Morgan fingerprint density at radius 3 is 2.47 bits per heavy atom. The molecule has 0 amide bonds. The Labute approximate surface area is 115 Å². The third kappa shape index (κ3) is 3.79. The number of benzene rings is 1. The molecule has 0 spiro atoms. The molecule has 2 aromatic rings.